The van der Waals surface area contributed by atoms with Crippen LogP contribution >= 0.6 is 0 Å². The Hall–Kier alpha value is -2.37. The van der Waals surface area contributed by atoms with Crippen LogP contribution in [0.5, 0.6) is 0 Å². The number of hydrogen-bond donors (Lipinski definition) is 2. The molecule has 0 aliphatic heterocycles. The van der Waals surface area contributed by atoms with Crippen molar-refractivity contribution in [2.45, 2.75) is 53.4 Å². The number of esters is 1. The molecule has 0 saturated carbocycles. The largest absolute Gasteiger partial charge is 0.478 e. The Labute approximate surface area is 151 Å². The van der Waals surface area contributed by atoms with Gasteiger partial charge in [-0.15, -0.1) is 0 Å². The predicted molar refractivity (Wildman–Crippen MR) is 101 cm³/mol. The third kappa shape index (κ3) is 30.1. The first kappa shape index (κ1) is 27.5. The van der Waals surface area contributed by atoms with Gasteiger partial charge in [-0.3, -0.25) is 4.79 Å². The van der Waals surface area contributed by atoms with Crippen LogP contribution in [0.2, 0.25) is 0 Å². The lowest BCUT2D eigenvalue weighted by Gasteiger charge is -2.04. The van der Waals surface area contributed by atoms with Crippen LogP contribution in [0.3, 0.4) is 0 Å². The molecule has 0 atom stereocenters. The van der Waals surface area contributed by atoms with Crippen molar-refractivity contribution in [3.63, 3.8) is 0 Å². The number of carboxylic acid groups (broad SMARTS) is 1. The molecular formula is C19H33NO5. The van der Waals surface area contributed by atoms with E-state index in [4.69, 9.17) is 9.84 Å². The van der Waals surface area contributed by atoms with Gasteiger partial charge in [-0.25, -0.2) is 9.59 Å². The predicted octanol–water partition coefficient (Wildman–Crippen LogP) is 3.63. The van der Waals surface area contributed by atoms with Gasteiger partial charge in [0.05, 0.1) is 6.61 Å². The van der Waals surface area contributed by atoms with Gasteiger partial charge in [-0.2, -0.15) is 0 Å². The van der Waals surface area contributed by atoms with E-state index >= 15 is 0 Å². The summed E-state index contributed by atoms with van der Waals surface area (Å²) in [6.07, 6.45) is 8.41. The number of carbonyl (C=O) groups is 3. The van der Waals surface area contributed by atoms with Crippen LogP contribution in [0.4, 0.5) is 0 Å². The van der Waals surface area contributed by atoms with E-state index in [2.05, 4.69) is 32.7 Å². The number of hydrogen-bond acceptors (Lipinski definition) is 4. The van der Waals surface area contributed by atoms with Gasteiger partial charge < -0.3 is 15.6 Å². The first-order valence-corrected chi connectivity index (χ1v) is 8.19. The molecule has 144 valence electrons. The van der Waals surface area contributed by atoms with E-state index in [0.717, 1.165) is 24.8 Å². The van der Waals surface area contributed by atoms with E-state index in [0.29, 0.717) is 12.2 Å². The third-order valence-corrected chi connectivity index (χ3v) is 2.81. The Morgan fingerprint density at radius 1 is 1.12 bits per heavy atom. The Morgan fingerprint density at radius 3 is 1.92 bits per heavy atom. The Kier molecular flexibility index (Phi) is 21.6. The summed E-state index contributed by atoms with van der Waals surface area (Å²) in [6, 6.07) is 0. The Balaban J connectivity index is -0.000000337. The molecule has 0 aromatic rings. The fourth-order valence-electron chi connectivity index (χ4n) is 1.19. The standard InChI is InChI=1S/C11H20O2.C5H8O2.C3H5NO/c1-4-11(12)13-9-7-5-6-8-10(2)3;1-3-4(2)5(6)7;1-2-3(4)5/h4,10H,1,5-9H2,2-3H3;3H,1-2H3,(H,6,7);2H,1H2,(H2,4,5). The molecule has 0 bridgehead atoms. The van der Waals surface area contributed by atoms with Crippen molar-refractivity contribution < 1.29 is 24.2 Å². The van der Waals surface area contributed by atoms with Crippen molar-refractivity contribution in [3.8, 4) is 0 Å². The summed E-state index contributed by atoms with van der Waals surface area (Å²) in [7, 11) is 0. The summed E-state index contributed by atoms with van der Waals surface area (Å²) in [5.41, 5.74) is 4.92. The minimum absolute atomic E-state index is 0.316. The number of ether oxygens (including phenoxy) is 1. The van der Waals surface area contributed by atoms with Gasteiger partial charge in [0.2, 0.25) is 5.91 Å². The number of primary amides is 1. The second kappa shape index (κ2) is 19.7. The van der Waals surface area contributed by atoms with Crippen molar-refractivity contribution in [2.75, 3.05) is 6.61 Å². The van der Waals surface area contributed by atoms with Crippen LogP contribution in [0, 0.1) is 5.92 Å². The number of unbranched alkanes of at least 4 members (excludes halogenated alkanes) is 2. The van der Waals surface area contributed by atoms with Gasteiger partial charge >= 0.3 is 11.9 Å². The van der Waals surface area contributed by atoms with E-state index in [1.807, 2.05) is 0 Å². The lowest BCUT2D eigenvalue weighted by Crippen LogP contribution is -2.04. The van der Waals surface area contributed by atoms with E-state index < -0.39 is 11.9 Å². The van der Waals surface area contributed by atoms with Gasteiger partial charge in [0.15, 0.2) is 0 Å². The molecule has 0 unspecified atom stereocenters. The molecule has 0 aliphatic rings. The topological polar surface area (TPSA) is 107 Å². The minimum atomic E-state index is -0.845. The zero-order valence-corrected chi connectivity index (χ0v) is 15.9. The summed E-state index contributed by atoms with van der Waals surface area (Å²) in [5.74, 6) is -0.868. The molecule has 0 radical (unpaired) electrons. The third-order valence-electron chi connectivity index (χ3n) is 2.81. The molecule has 0 aliphatic carbocycles. The normalized spacial score (nSPS) is 9.72. The average molecular weight is 355 g/mol. The fraction of sp³-hybridized carbons (Fsp3) is 0.526. The lowest BCUT2D eigenvalue weighted by molar-refractivity contribution is -0.138. The first-order valence-electron chi connectivity index (χ1n) is 8.19. The van der Waals surface area contributed by atoms with E-state index in [9.17, 15) is 14.4 Å². The maximum absolute atomic E-state index is 10.6. The highest BCUT2D eigenvalue weighted by Gasteiger charge is 1.96. The molecule has 1 amide bonds. The summed E-state index contributed by atoms with van der Waals surface area (Å²) in [5, 5.41) is 8.11. The average Bonchev–Trinajstić information content (AvgIpc) is 2.57. The SMILES string of the molecule is C=CC(=O)OCCCCCC(C)C.C=CC(N)=O.CC=C(C)C(=O)O. The minimum Gasteiger partial charge on any atom is -0.478 e. The first-order chi connectivity index (χ1) is 11.6. The summed E-state index contributed by atoms with van der Waals surface area (Å²) >= 11 is 0. The van der Waals surface area contributed by atoms with E-state index in [1.54, 1.807) is 19.9 Å². The number of carbonyl (C=O) groups excluding carboxylic acids is 2. The zero-order chi connectivity index (χ0) is 20.3. The second-order valence-electron chi connectivity index (χ2n) is 5.50. The molecule has 25 heavy (non-hydrogen) atoms. The Bertz CT molecular complexity index is 439. The van der Waals surface area contributed by atoms with E-state index in [1.165, 1.54) is 18.9 Å². The molecule has 0 aromatic carbocycles. The lowest BCUT2D eigenvalue weighted by atomic mass is 10.1. The van der Waals surface area contributed by atoms with Crippen LogP contribution in [0.15, 0.2) is 37.0 Å². The molecule has 3 N–H and O–H groups in total. The van der Waals surface area contributed by atoms with Crippen molar-refractivity contribution in [1.29, 1.82) is 0 Å². The number of nitrogens with two attached hydrogens (primary N) is 1. The molecular weight excluding hydrogens is 322 g/mol. The molecule has 6 heteroatoms. The summed E-state index contributed by atoms with van der Waals surface area (Å²) in [4.78, 5) is 29.9. The molecule has 0 spiro atoms. The van der Waals surface area contributed by atoms with Crippen molar-refractivity contribution in [2.24, 2.45) is 11.7 Å². The van der Waals surface area contributed by atoms with Crippen molar-refractivity contribution >= 4 is 17.8 Å². The smallest absolute Gasteiger partial charge is 0.330 e. The highest BCUT2D eigenvalue weighted by molar-refractivity contribution is 5.85. The quantitative estimate of drug-likeness (QED) is 0.373. The fourth-order valence-corrected chi connectivity index (χ4v) is 1.19. The molecule has 6 nitrogen and oxygen atoms in total. The summed E-state index contributed by atoms with van der Waals surface area (Å²) in [6.45, 7) is 14.6. The molecule has 0 saturated heterocycles. The number of allylic oxidation sites excluding steroid dienone is 1. The molecule has 0 rings (SSSR count). The van der Waals surface area contributed by atoms with Gasteiger partial charge in [0.25, 0.3) is 0 Å². The van der Waals surface area contributed by atoms with Gasteiger partial charge in [0, 0.05) is 11.6 Å². The molecule has 0 fully saturated rings. The van der Waals surface area contributed by atoms with Crippen molar-refractivity contribution in [3.05, 3.63) is 37.0 Å². The van der Waals surface area contributed by atoms with Crippen LogP contribution in [-0.4, -0.2) is 29.6 Å². The van der Waals surface area contributed by atoms with Gasteiger partial charge in [-0.05, 0) is 32.3 Å². The summed E-state index contributed by atoms with van der Waals surface area (Å²) < 4.78 is 4.84. The van der Waals surface area contributed by atoms with Crippen LogP contribution in [-0.2, 0) is 19.1 Å². The van der Waals surface area contributed by atoms with Crippen LogP contribution in [0.1, 0.15) is 53.4 Å². The molecule has 0 aromatic heterocycles. The highest BCUT2D eigenvalue weighted by atomic mass is 16.5. The Morgan fingerprint density at radius 2 is 1.64 bits per heavy atom. The molecule has 0 heterocycles. The maximum Gasteiger partial charge on any atom is 0.330 e. The second-order valence-corrected chi connectivity index (χ2v) is 5.50. The van der Waals surface area contributed by atoms with Gasteiger partial charge in [0.1, 0.15) is 0 Å². The van der Waals surface area contributed by atoms with Crippen LogP contribution in [0.25, 0.3) is 0 Å². The van der Waals surface area contributed by atoms with Crippen molar-refractivity contribution in [1.82, 2.24) is 0 Å². The highest BCUT2D eigenvalue weighted by Crippen LogP contribution is 2.07. The van der Waals surface area contributed by atoms with Gasteiger partial charge in [-0.1, -0.05) is 52.3 Å². The number of rotatable bonds is 9. The van der Waals surface area contributed by atoms with Crippen LogP contribution < -0.4 is 5.73 Å². The number of aliphatic carboxylic acids is 1. The maximum atomic E-state index is 10.6. The number of carboxylic acids is 1. The monoisotopic (exact) mass is 355 g/mol. The van der Waals surface area contributed by atoms with E-state index in [-0.39, 0.29) is 5.97 Å². The zero-order valence-electron chi connectivity index (χ0n) is 15.9. The number of amides is 1.